The van der Waals surface area contributed by atoms with Crippen LogP contribution in [0.2, 0.25) is 0 Å². The Labute approximate surface area is 282 Å². The van der Waals surface area contributed by atoms with Crippen LogP contribution < -0.4 is 15.4 Å². The molecular formula is C32H44BrN7O7. The number of carboxylic acids is 1. The van der Waals surface area contributed by atoms with E-state index in [1.54, 1.807) is 26.8 Å². The fourth-order valence-corrected chi connectivity index (χ4v) is 7.00. The van der Waals surface area contributed by atoms with E-state index in [1.807, 2.05) is 19.1 Å². The molecule has 3 N–H and O–H groups in total. The van der Waals surface area contributed by atoms with Gasteiger partial charge in [-0.15, -0.1) is 10.2 Å². The number of aromatic nitrogens is 4. The van der Waals surface area contributed by atoms with Crippen molar-refractivity contribution in [2.45, 2.75) is 115 Å². The van der Waals surface area contributed by atoms with E-state index < -0.39 is 53.1 Å². The number of alkyl carbamates (subject to hydrolysis) is 1. The molecule has 1 saturated carbocycles. The first-order chi connectivity index (χ1) is 22.3. The predicted octanol–water partition coefficient (Wildman–Crippen LogP) is 4.24. The molecule has 1 aliphatic carbocycles. The van der Waals surface area contributed by atoms with E-state index in [-0.39, 0.29) is 18.9 Å². The summed E-state index contributed by atoms with van der Waals surface area (Å²) in [5.41, 5.74) is -1.43. The molecule has 2 aliphatic heterocycles. The number of benzene rings is 1. The third-order valence-electron chi connectivity index (χ3n) is 8.98. The van der Waals surface area contributed by atoms with Crippen LogP contribution in [0.15, 0.2) is 22.7 Å². The van der Waals surface area contributed by atoms with Gasteiger partial charge in [-0.3, -0.25) is 9.59 Å². The molecule has 15 heteroatoms. The summed E-state index contributed by atoms with van der Waals surface area (Å²) in [5.74, 6) is -1.19. The molecule has 3 aliphatic rings. The number of aliphatic carboxylic acids is 1. The van der Waals surface area contributed by atoms with E-state index in [9.17, 15) is 24.3 Å². The highest BCUT2D eigenvalue weighted by Crippen LogP contribution is 2.47. The number of carbonyl (C=O) groups excluding carboxylic acids is 3. The van der Waals surface area contributed by atoms with Crippen molar-refractivity contribution in [1.29, 1.82) is 0 Å². The molecule has 3 fully saturated rings. The summed E-state index contributed by atoms with van der Waals surface area (Å²) < 4.78 is 11.8. The molecule has 14 nitrogen and oxygen atoms in total. The predicted molar refractivity (Wildman–Crippen MR) is 173 cm³/mol. The minimum Gasteiger partial charge on any atom is -0.493 e. The number of carbonyl (C=O) groups is 4. The van der Waals surface area contributed by atoms with Gasteiger partial charge in [0, 0.05) is 18.5 Å². The second kappa shape index (κ2) is 14.2. The molecule has 1 aromatic carbocycles. The van der Waals surface area contributed by atoms with E-state index in [0.29, 0.717) is 49.4 Å². The summed E-state index contributed by atoms with van der Waals surface area (Å²) >= 11 is 3.51. The van der Waals surface area contributed by atoms with Gasteiger partial charge < -0.3 is 30.1 Å². The summed E-state index contributed by atoms with van der Waals surface area (Å²) in [6.45, 7) is 7.70. The van der Waals surface area contributed by atoms with Crippen LogP contribution >= 0.6 is 15.9 Å². The summed E-state index contributed by atoms with van der Waals surface area (Å²) in [7, 11) is 0. The smallest absolute Gasteiger partial charge is 0.408 e. The molecule has 2 aromatic rings. The van der Waals surface area contributed by atoms with Gasteiger partial charge in [-0.1, -0.05) is 32.1 Å². The van der Waals surface area contributed by atoms with E-state index in [4.69, 9.17) is 9.47 Å². The molecule has 3 amide bonds. The van der Waals surface area contributed by atoms with Crippen LogP contribution in [0.3, 0.4) is 0 Å². The van der Waals surface area contributed by atoms with Gasteiger partial charge in [0.2, 0.25) is 17.6 Å². The Morgan fingerprint density at radius 2 is 1.87 bits per heavy atom. The summed E-state index contributed by atoms with van der Waals surface area (Å²) in [5, 5.41) is 28.8. The van der Waals surface area contributed by atoms with Crippen molar-refractivity contribution >= 4 is 39.8 Å². The van der Waals surface area contributed by atoms with Crippen LogP contribution in [0.25, 0.3) is 11.4 Å². The fraction of sp³-hybridized carbons (Fsp3) is 0.656. The second-order valence-corrected chi connectivity index (χ2v) is 14.5. The topological polar surface area (TPSA) is 178 Å². The maximum atomic E-state index is 14.2. The average Bonchev–Trinajstić information content (AvgIpc) is 3.32. The van der Waals surface area contributed by atoms with Crippen molar-refractivity contribution in [1.82, 2.24) is 35.7 Å². The quantitative estimate of drug-likeness (QED) is 0.392. The molecule has 256 valence electrons. The Hall–Kier alpha value is -3.75. The number of hydrogen-bond donors (Lipinski definition) is 3. The zero-order valence-corrected chi connectivity index (χ0v) is 28.9. The lowest BCUT2D eigenvalue weighted by molar-refractivity contribution is -0.146. The Morgan fingerprint density at radius 3 is 2.55 bits per heavy atom. The normalized spacial score (nSPS) is 27.0. The summed E-state index contributed by atoms with van der Waals surface area (Å²) in [6.07, 6.45) is 5.09. The maximum absolute atomic E-state index is 14.2. The maximum Gasteiger partial charge on any atom is 0.408 e. The number of rotatable bonds is 6. The Kier molecular flexibility index (Phi) is 10.4. The van der Waals surface area contributed by atoms with E-state index in [1.165, 1.54) is 9.70 Å². The third kappa shape index (κ3) is 8.04. The van der Waals surface area contributed by atoms with Gasteiger partial charge in [0.25, 0.3) is 0 Å². The van der Waals surface area contributed by atoms with Gasteiger partial charge in [0.05, 0.1) is 17.1 Å². The summed E-state index contributed by atoms with van der Waals surface area (Å²) in [6, 6.07) is 2.97. The molecule has 47 heavy (non-hydrogen) atoms. The van der Waals surface area contributed by atoms with Gasteiger partial charge in [0.1, 0.15) is 29.0 Å². The first kappa shape index (κ1) is 34.6. The Morgan fingerprint density at radius 1 is 1.15 bits per heavy atom. The number of hydrogen-bond acceptors (Lipinski definition) is 9. The lowest BCUT2D eigenvalue weighted by atomic mass is 10.0. The van der Waals surface area contributed by atoms with Crippen LogP contribution in [-0.2, 0) is 19.1 Å². The molecule has 0 spiro atoms. The molecule has 0 bridgehead atoms. The second-order valence-electron chi connectivity index (χ2n) is 13.6. The molecule has 1 unspecified atom stereocenters. The number of tetrazole rings is 1. The minimum atomic E-state index is -1.35. The number of ether oxygens (including phenoxy) is 2. The molecule has 3 heterocycles. The van der Waals surface area contributed by atoms with Gasteiger partial charge in [-0.05, 0) is 92.2 Å². The first-order valence-electron chi connectivity index (χ1n) is 16.4. The van der Waals surface area contributed by atoms with E-state index in [2.05, 4.69) is 42.0 Å². The van der Waals surface area contributed by atoms with Crippen LogP contribution in [0, 0.1) is 5.92 Å². The Balaban J connectivity index is 1.43. The van der Waals surface area contributed by atoms with Crippen molar-refractivity contribution in [2.75, 3.05) is 13.2 Å². The number of carboxylic acid groups (broad SMARTS) is 1. The number of fused-ring (bicyclic) bond motifs is 2. The lowest BCUT2D eigenvalue weighted by Gasteiger charge is -2.30. The highest BCUT2D eigenvalue weighted by atomic mass is 79.9. The molecule has 2 saturated heterocycles. The van der Waals surface area contributed by atoms with Crippen LogP contribution in [0.1, 0.15) is 91.5 Å². The number of nitrogens with one attached hydrogen (secondary N) is 2. The van der Waals surface area contributed by atoms with Crippen LogP contribution in [-0.4, -0.2) is 90.5 Å². The van der Waals surface area contributed by atoms with Crippen molar-refractivity contribution in [3.8, 4) is 17.1 Å². The van der Waals surface area contributed by atoms with Gasteiger partial charge >= 0.3 is 12.1 Å². The minimum absolute atomic E-state index is 0.0652. The van der Waals surface area contributed by atoms with Crippen molar-refractivity contribution < 1.29 is 33.8 Å². The highest BCUT2D eigenvalue weighted by molar-refractivity contribution is 9.10. The van der Waals surface area contributed by atoms with E-state index >= 15 is 0 Å². The molecular weight excluding hydrogens is 674 g/mol. The molecule has 5 atom stereocenters. The van der Waals surface area contributed by atoms with Crippen LogP contribution in [0.4, 0.5) is 4.79 Å². The lowest BCUT2D eigenvalue weighted by Crippen LogP contribution is -2.56. The first-order valence-corrected chi connectivity index (χ1v) is 17.2. The van der Waals surface area contributed by atoms with Crippen LogP contribution in [0.5, 0.6) is 5.75 Å². The zero-order chi connectivity index (χ0) is 33.9. The monoisotopic (exact) mass is 717 g/mol. The van der Waals surface area contributed by atoms with Crippen molar-refractivity contribution in [3.05, 3.63) is 22.7 Å². The van der Waals surface area contributed by atoms with Gasteiger partial charge in [0.15, 0.2) is 0 Å². The van der Waals surface area contributed by atoms with Crippen molar-refractivity contribution in [2.24, 2.45) is 5.92 Å². The van der Waals surface area contributed by atoms with Crippen molar-refractivity contribution in [3.63, 3.8) is 0 Å². The third-order valence-corrected chi connectivity index (χ3v) is 9.60. The van der Waals surface area contributed by atoms with Gasteiger partial charge in [-0.25, -0.2) is 9.59 Å². The summed E-state index contributed by atoms with van der Waals surface area (Å²) in [4.78, 5) is 56.2. The van der Waals surface area contributed by atoms with Gasteiger partial charge in [-0.2, -0.15) is 4.80 Å². The average molecular weight is 719 g/mol. The number of nitrogens with zero attached hydrogens (tertiary/aromatic N) is 5. The number of halogens is 1. The molecule has 1 aromatic heterocycles. The highest BCUT2D eigenvalue weighted by Gasteiger charge is 2.62. The SMILES string of the molecule is CCOc1ccc(-c2nnn(C3C[C@H]4C(=O)N[C@@]5(C(=O)O)C[C@@H]5CCCCCCC[C@@H](NC(=O)OC(C)(C)C)C(=O)N4C3)n2)cc1Br. The Bertz CT molecular complexity index is 1490. The zero-order valence-electron chi connectivity index (χ0n) is 27.3. The standard InChI is InChI=1S/C32H44BrN7O7/c1-5-46-25-14-13-19(15-22(25)33)26-36-38-40(37-26)21-16-24-27(41)35-32(29(43)44)17-20(32)11-9-7-6-8-10-12-23(28(42)39(24)18-21)34-30(45)47-31(2,3)4/h13-15,20-21,23-24H,5-12,16-18H2,1-4H3,(H,34,45)(H,35,41)(H,43,44)/t20-,21?,23+,24-,32-/m0/s1. The molecule has 0 radical (unpaired) electrons. The largest absolute Gasteiger partial charge is 0.493 e. The number of amides is 3. The van der Waals surface area contributed by atoms with E-state index in [0.717, 1.165) is 30.2 Å². The fourth-order valence-electron chi connectivity index (χ4n) is 6.51. The molecule has 5 rings (SSSR count).